The Morgan fingerprint density at radius 1 is 0.885 bits per heavy atom. The molecule has 0 radical (unpaired) electrons. The van der Waals surface area contributed by atoms with Crippen LogP contribution in [0.4, 0.5) is 8.78 Å². The number of alkyl halides is 2. The van der Waals surface area contributed by atoms with Crippen LogP contribution >= 0.6 is 0 Å². The van der Waals surface area contributed by atoms with Crippen LogP contribution in [0.2, 0.25) is 0 Å². The second-order valence-corrected chi connectivity index (χ2v) is 11.3. The third kappa shape index (κ3) is 2.87. The molecule has 0 spiro atoms. The van der Waals surface area contributed by atoms with E-state index in [1.165, 1.54) is 64.2 Å². The smallest absolute Gasteiger partial charge is 0.207 e. The van der Waals surface area contributed by atoms with E-state index in [4.69, 9.17) is 0 Å². The van der Waals surface area contributed by atoms with Crippen LogP contribution in [-0.4, -0.2) is 5.92 Å². The van der Waals surface area contributed by atoms with Gasteiger partial charge in [0.25, 0.3) is 0 Å². The zero-order valence-electron chi connectivity index (χ0n) is 17.5. The van der Waals surface area contributed by atoms with Crippen LogP contribution in [0, 0.1) is 46.3 Å². The molecule has 0 saturated heterocycles. The summed E-state index contributed by atoms with van der Waals surface area (Å²) in [7, 11) is 0. The van der Waals surface area contributed by atoms with Crippen LogP contribution in [0.5, 0.6) is 0 Å². The molecule has 4 fully saturated rings. The SMILES string of the molecule is CC(CC1CCC2C3CCC4CCCCC4(C)C3CCC12C)C(C)(F)F. The van der Waals surface area contributed by atoms with Crippen molar-refractivity contribution in [3.63, 3.8) is 0 Å². The highest BCUT2D eigenvalue weighted by Crippen LogP contribution is 2.68. The second kappa shape index (κ2) is 6.45. The van der Waals surface area contributed by atoms with Crippen LogP contribution in [0.1, 0.15) is 98.3 Å². The fraction of sp³-hybridized carbons (Fsp3) is 1.00. The first-order chi connectivity index (χ1) is 12.2. The van der Waals surface area contributed by atoms with Crippen molar-refractivity contribution in [1.29, 1.82) is 0 Å². The van der Waals surface area contributed by atoms with Crippen molar-refractivity contribution in [2.24, 2.45) is 46.3 Å². The molecule has 0 nitrogen and oxygen atoms in total. The van der Waals surface area contributed by atoms with Crippen LogP contribution in [0.3, 0.4) is 0 Å². The molecule has 0 aromatic rings. The quantitative estimate of drug-likeness (QED) is 0.479. The highest BCUT2D eigenvalue weighted by Gasteiger charge is 2.59. The first kappa shape index (κ1) is 19.2. The predicted molar refractivity (Wildman–Crippen MR) is 104 cm³/mol. The van der Waals surface area contributed by atoms with Gasteiger partial charge in [0.15, 0.2) is 0 Å². The lowest BCUT2D eigenvalue weighted by atomic mass is 9.44. The second-order valence-electron chi connectivity index (χ2n) is 11.3. The molecule has 0 bridgehead atoms. The number of halogens is 2. The van der Waals surface area contributed by atoms with Crippen molar-refractivity contribution in [2.75, 3.05) is 0 Å². The largest absolute Gasteiger partial charge is 0.247 e. The van der Waals surface area contributed by atoms with Gasteiger partial charge in [0.1, 0.15) is 0 Å². The summed E-state index contributed by atoms with van der Waals surface area (Å²) in [6, 6.07) is 0. The monoisotopic (exact) mass is 366 g/mol. The summed E-state index contributed by atoms with van der Waals surface area (Å²) < 4.78 is 27.6. The Morgan fingerprint density at radius 2 is 1.62 bits per heavy atom. The maximum Gasteiger partial charge on any atom is 0.247 e. The van der Waals surface area contributed by atoms with Gasteiger partial charge in [0.2, 0.25) is 5.92 Å². The minimum Gasteiger partial charge on any atom is -0.207 e. The van der Waals surface area contributed by atoms with Gasteiger partial charge in [-0.3, -0.25) is 0 Å². The maximum atomic E-state index is 13.8. The number of fused-ring (bicyclic) bond motifs is 5. The molecule has 2 heteroatoms. The van der Waals surface area contributed by atoms with Crippen molar-refractivity contribution in [3.8, 4) is 0 Å². The van der Waals surface area contributed by atoms with Crippen LogP contribution < -0.4 is 0 Å². The first-order valence-electron chi connectivity index (χ1n) is 11.5. The van der Waals surface area contributed by atoms with Crippen molar-refractivity contribution < 1.29 is 8.78 Å². The molecule has 4 aliphatic rings. The summed E-state index contributed by atoms with van der Waals surface area (Å²) in [6.07, 6.45) is 14.6. The lowest BCUT2D eigenvalue weighted by Gasteiger charge is -2.60. The Bertz CT molecular complexity index is 523. The lowest BCUT2D eigenvalue weighted by molar-refractivity contribution is -0.115. The van der Waals surface area contributed by atoms with E-state index in [1.54, 1.807) is 6.92 Å². The standard InChI is InChI=1S/C24H40F2/c1-16(24(4,25)26)15-18-9-11-20-19-10-8-17-7-5-6-13-22(17,2)21(19)12-14-23(18,20)3/h16-21H,5-15H2,1-4H3. The third-order valence-corrected chi connectivity index (χ3v) is 10.3. The highest BCUT2D eigenvalue weighted by atomic mass is 19.3. The summed E-state index contributed by atoms with van der Waals surface area (Å²) >= 11 is 0. The predicted octanol–water partition coefficient (Wildman–Crippen LogP) is 7.72. The molecule has 8 unspecified atom stereocenters. The van der Waals surface area contributed by atoms with E-state index in [0.717, 1.165) is 37.0 Å². The molecule has 0 amide bonds. The van der Waals surface area contributed by atoms with Gasteiger partial charge < -0.3 is 0 Å². The molecule has 8 atom stereocenters. The summed E-state index contributed by atoms with van der Waals surface area (Å²) in [5, 5.41) is 0. The number of rotatable bonds is 3. The van der Waals surface area contributed by atoms with Crippen LogP contribution in [0.25, 0.3) is 0 Å². The fourth-order valence-corrected chi connectivity index (χ4v) is 8.42. The Hall–Kier alpha value is -0.140. The third-order valence-electron chi connectivity index (χ3n) is 10.3. The maximum absolute atomic E-state index is 13.8. The molecular formula is C24H40F2. The van der Waals surface area contributed by atoms with Crippen molar-refractivity contribution >= 4 is 0 Å². The molecule has 4 aliphatic carbocycles. The summed E-state index contributed by atoms with van der Waals surface area (Å²) in [5.74, 6) is 1.10. The average molecular weight is 367 g/mol. The summed E-state index contributed by atoms with van der Waals surface area (Å²) in [5.41, 5.74) is 0.920. The van der Waals surface area contributed by atoms with E-state index in [2.05, 4.69) is 13.8 Å². The zero-order valence-corrected chi connectivity index (χ0v) is 17.5. The highest BCUT2D eigenvalue weighted by molar-refractivity contribution is 5.08. The van der Waals surface area contributed by atoms with Crippen LogP contribution in [-0.2, 0) is 0 Å². The molecule has 0 aromatic carbocycles. The van der Waals surface area contributed by atoms with Gasteiger partial charge in [0, 0.05) is 5.92 Å². The van der Waals surface area contributed by atoms with Gasteiger partial charge in [-0.1, -0.05) is 33.6 Å². The van der Waals surface area contributed by atoms with Gasteiger partial charge in [-0.2, -0.15) is 0 Å². The molecule has 4 rings (SSSR count). The minimum absolute atomic E-state index is 0.332. The van der Waals surface area contributed by atoms with Gasteiger partial charge in [-0.15, -0.1) is 0 Å². The van der Waals surface area contributed by atoms with Crippen molar-refractivity contribution in [2.45, 2.75) is 104 Å². The van der Waals surface area contributed by atoms with E-state index in [-0.39, 0.29) is 0 Å². The van der Waals surface area contributed by atoms with Crippen LogP contribution in [0.15, 0.2) is 0 Å². The van der Waals surface area contributed by atoms with Gasteiger partial charge in [-0.05, 0) is 105 Å². The van der Waals surface area contributed by atoms with E-state index < -0.39 is 11.8 Å². The summed E-state index contributed by atoms with van der Waals surface area (Å²) in [4.78, 5) is 0. The molecule has 4 saturated carbocycles. The Balaban J connectivity index is 1.53. The average Bonchev–Trinajstić information content (AvgIpc) is 2.90. The Labute approximate surface area is 159 Å². The zero-order chi connectivity index (χ0) is 18.7. The number of hydrogen-bond acceptors (Lipinski definition) is 0. The topological polar surface area (TPSA) is 0 Å². The fourth-order valence-electron chi connectivity index (χ4n) is 8.42. The van der Waals surface area contributed by atoms with Gasteiger partial charge >= 0.3 is 0 Å². The Kier molecular flexibility index (Phi) is 4.76. The molecule has 150 valence electrons. The lowest BCUT2D eigenvalue weighted by Crippen LogP contribution is -2.52. The Morgan fingerprint density at radius 3 is 2.35 bits per heavy atom. The first-order valence-corrected chi connectivity index (χ1v) is 11.5. The summed E-state index contributed by atoms with van der Waals surface area (Å²) in [6.45, 7) is 8.01. The molecule has 0 aromatic heterocycles. The molecular weight excluding hydrogens is 326 g/mol. The van der Waals surface area contributed by atoms with Crippen molar-refractivity contribution in [1.82, 2.24) is 0 Å². The van der Waals surface area contributed by atoms with Gasteiger partial charge in [-0.25, -0.2) is 8.78 Å². The van der Waals surface area contributed by atoms with E-state index in [0.29, 0.717) is 16.7 Å². The van der Waals surface area contributed by atoms with Crippen molar-refractivity contribution in [3.05, 3.63) is 0 Å². The molecule has 0 N–H and O–H groups in total. The number of hydrogen-bond donors (Lipinski definition) is 0. The van der Waals surface area contributed by atoms with E-state index >= 15 is 0 Å². The van der Waals surface area contributed by atoms with E-state index in [9.17, 15) is 8.78 Å². The van der Waals surface area contributed by atoms with Gasteiger partial charge in [0.05, 0.1) is 0 Å². The normalized spacial score (nSPS) is 49.8. The molecule has 0 aliphatic heterocycles. The minimum atomic E-state index is -2.53. The molecule has 26 heavy (non-hydrogen) atoms. The molecule has 0 heterocycles. The van der Waals surface area contributed by atoms with E-state index in [1.807, 2.05) is 0 Å².